The molecule has 0 atom stereocenters. The summed E-state index contributed by atoms with van der Waals surface area (Å²) in [6.45, 7) is 6.86. The maximum absolute atomic E-state index is 13.3. The lowest BCUT2D eigenvalue weighted by atomic mass is 10.00. The van der Waals surface area contributed by atoms with Gasteiger partial charge < -0.3 is 4.90 Å². The van der Waals surface area contributed by atoms with Gasteiger partial charge in [-0.05, 0) is 37.0 Å². The van der Waals surface area contributed by atoms with Crippen LogP contribution in [0.1, 0.15) is 31.4 Å². The van der Waals surface area contributed by atoms with Crippen LogP contribution < -0.4 is 4.90 Å². The maximum atomic E-state index is 13.3. The van der Waals surface area contributed by atoms with Crippen molar-refractivity contribution in [1.82, 2.24) is 0 Å². The minimum atomic E-state index is -0.0903. The Hall–Kier alpha value is -1.05. The lowest BCUT2D eigenvalue weighted by Gasteiger charge is -2.27. The van der Waals surface area contributed by atoms with Crippen LogP contribution in [0.25, 0.3) is 0 Å². The summed E-state index contributed by atoms with van der Waals surface area (Å²) < 4.78 is 13.3. The molecular weight excluding hydrogens is 189 g/mol. The largest absolute Gasteiger partial charge is 0.374 e. The first-order chi connectivity index (χ1) is 7.18. The standard InChI is InChI=1S/C11H14FN.C2H6/c1-8-6-9-4-3-5-13(2)11(9)7-10(8)12;1-2/h6-7H,3-5H2,1-2H3;1-2H3. The van der Waals surface area contributed by atoms with Crippen molar-refractivity contribution < 1.29 is 4.39 Å². The van der Waals surface area contributed by atoms with Gasteiger partial charge in [-0.2, -0.15) is 0 Å². The molecule has 1 aromatic carbocycles. The number of aryl methyl sites for hydroxylation is 2. The van der Waals surface area contributed by atoms with Crippen molar-refractivity contribution in [3.05, 3.63) is 29.1 Å². The molecule has 0 radical (unpaired) electrons. The fourth-order valence-corrected chi connectivity index (χ4v) is 1.91. The molecule has 84 valence electrons. The van der Waals surface area contributed by atoms with Crippen LogP contribution in [0.2, 0.25) is 0 Å². The maximum Gasteiger partial charge on any atom is 0.128 e. The van der Waals surface area contributed by atoms with Gasteiger partial charge in [-0.1, -0.05) is 19.9 Å². The van der Waals surface area contributed by atoms with Crippen LogP contribution in [0.4, 0.5) is 10.1 Å². The third-order valence-corrected chi connectivity index (χ3v) is 2.71. The van der Waals surface area contributed by atoms with Crippen LogP contribution >= 0.6 is 0 Å². The molecular formula is C13H20FN. The minimum absolute atomic E-state index is 0.0903. The summed E-state index contributed by atoms with van der Waals surface area (Å²) in [5.41, 5.74) is 3.11. The molecule has 0 unspecified atom stereocenters. The van der Waals surface area contributed by atoms with E-state index in [0.29, 0.717) is 0 Å². The van der Waals surface area contributed by atoms with Crippen molar-refractivity contribution in [2.75, 3.05) is 18.5 Å². The molecule has 1 nitrogen and oxygen atoms in total. The second kappa shape index (κ2) is 5.15. The summed E-state index contributed by atoms with van der Waals surface area (Å²) in [4.78, 5) is 2.13. The van der Waals surface area contributed by atoms with Crippen LogP contribution in [0.15, 0.2) is 12.1 Å². The summed E-state index contributed by atoms with van der Waals surface area (Å²) in [5.74, 6) is -0.0903. The van der Waals surface area contributed by atoms with Gasteiger partial charge in [-0.25, -0.2) is 4.39 Å². The van der Waals surface area contributed by atoms with E-state index in [4.69, 9.17) is 0 Å². The van der Waals surface area contributed by atoms with Gasteiger partial charge in [0.05, 0.1) is 0 Å². The van der Waals surface area contributed by atoms with Gasteiger partial charge in [0.25, 0.3) is 0 Å². The van der Waals surface area contributed by atoms with E-state index in [1.54, 1.807) is 6.07 Å². The topological polar surface area (TPSA) is 3.24 Å². The second-order valence-electron chi connectivity index (χ2n) is 3.76. The van der Waals surface area contributed by atoms with E-state index in [1.165, 1.54) is 12.0 Å². The highest BCUT2D eigenvalue weighted by molar-refractivity contribution is 5.56. The molecule has 1 aromatic rings. The van der Waals surface area contributed by atoms with Gasteiger partial charge in [0, 0.05) is 19.3 Å². The number of rotatable bonds is 0. The Balaban J connectivity index is 0.000000531. The van der Waals surface area contributed by atoms with E-state index in [2.05, 4.69) is 4.90 Å². The molecule has 0 saturated carbocycles. The normalized spacial score (nSPS) is 14.1. The first-order valence-corrected chi connectivity index (χ1v) is 5.68. The first kappa shape index (κ1) is 12.0. The highest BCUT2D eigenvalue weighted by atomic mass is 19.1. The molecule has 0 amide bonds. The van der Waals surface area contributed by atoms with Crippen molar-refractivity contribution >= 4 is 5.69 Å². The van der Waals surface area contributed by atoms with Crippen molar-refractivity contribution in [3.8, 4) is 0 Å². The Kier molecular flexibility index (Phi) is 4.13. The molecule has 15 heavy (non-hydrogen) atoms. The Morgan fingerprint density at radius 1 is 1.27 bits per heavy atom. The van der Waals surface area contributed by atoms with Crippen molar-refractivity contribution in [1.29, 1.82) is 0 Å². The number of halogens is 1. The lowest BCUT2D eigenvalue weighted by molar-refractivity contribution is 0.613. The van der Waals surface area contributed by atoms with Crippen LogP contribution in [0, 0.1) is 12.7 Å². The quantitative estimate of drug-likeness (QED) is 0.631. The Morgan fingerprint density at radius 2 is 1.93 bits per heavy atom. The average Bonchev–Trinajstić information content (AvgIpc) is 2.24. The Morgan fingerprint density at radius 3 is 2.60 bits per heavy atom. The van der Waals surface area contributed by atoms with Crippen molar-refractivity contribution in [2.45, 2.75) is 33.6 Å². The summed E-state index contributed by atoms with van der Waals surface area (Å²) in [7, 11) is 2.02. The molecule has 0 bridgehead atoms. The SMILES string of the molecule is CC.Cc1cc2c(cc1F)N(C)CCC2. The van der Waals surface area contributed by atoms with E-state index in [1.807, 2.05) is 33.9 Å². The molecule has 1 aliphatic heterocycles. The van der Waals surface area contributed by atoms with Crippen molar-refractivity contribution in [2.24, 2.45) is 0 Å². The molecule has 0 saturated heterocycles. The summed E-state index contributed by atoms with van der Waals surface area (Å²) >= 11 is 0. The average molecular weight is 209 g/mol. The molecule has 0 aromatic heterocycles. The second-order valence-corrected chi connectivity index (χ2v) is 3.76. The Labute approximate surface area is 91.9 Å². The van der Waals surface area contributed by atoms with E-state index >= 15 is 0 Å². The summed E-state index contributed by atoms with van der Waals surface area (Å²) in [5, 5.41) is 0. The smallest absolute Gasteiger partial charge is 0.128 e. The van der Waals surface area contributed by atoms with E-state index in [9.17, 15) is 4.39 Å². The number of hydrogen-bond donors (Lipinski definition) is 0. The molecule has 2 rings (SSSR count). The lowest BCUT2D eigenvalue weighted by Crippen LogP contribution is -2.24. The zero-order valence-electron chi connectivity index (χ0n) is 10.1. The number of benzene rings is 1. The fourth-order valence-electron chi connectivity index (χ4n) is 1.91. The summed E-state index contributed by atoms with van der Waals surface area (Å²) in [6.07, 6.45) is 2.26. The zero-order valence-corrected chi connectivity index (χ0v) is 10.1. The van der Waals surface area contributed by atoms with E-state index < -0.39 is 0 Å². The number of hydrogen-bond acceptors (Lipinski definition) is 1. The third-order valence-electron chi connectivity index (χ3n) is 2.71. The molecule has 0 fully saturated rings. The van der Waals surface area contributed by atoms with E-state index in [-0.39, 0.29) is 5.82 Å². The van der Waals surface area contributed by atoms with Crippen LogP contribution in [-0.4, -0.2) is 13.6 Å². The molecule has 0 spiro atoms. The van der Waals surface area contributed by atoms with Gasteiger partial charge in [-0.15, -0.1) is 0 Å². The fraction of sp³-hybridized carbons (Fsp3) is 0.538. The molecule has 0 aliphatic carbocycles. The van der Waals surface area contributed by atoms with Gasteiger partial charge in [-0.3, -0.25) is 0 Å². The van der Waals surface area contributed by atoms with E-state index in [0.717, 1.165) is 24.2 Å². The number of anilines is 1. The highest BCUT2D eigenvalue weighted by Crippen LogP contribution is 2.28. The minimum Gasteiger partial charge on any atom is -0.374 e. The molecule has 1 heterocycles. The first-order valence-electron chi connectivity index (χ1n) is 5.68. The van der Waals surface area contributed by atoms with Crippen LogP contribution in [0.3, 0.4) is 0 Å². The molecule has 2 heteroatoms. The van der Waals surface area contributed by atoms with Crippen LogP contribution in [0.5, 0.6) is 0 Å². The summed E-state index contributed by atoms with van der Waals surface area (Å²) in [6, 6.07) is 3.63. The number of fused-ring (bicyclic) bond motifs is 1. The van der Waals surface area contributed by atoms with Gasteiger partial charge in [0.15, 0.2) is 0 Å². The third kappa shape index (κ3) is 2.49. The molecule has 1 aliphatic rings. The number of nitrogens with zero attached hydrogens (tertiary/aromatic N) is 1. The predicted octanol–water partition coefficient (Wildman–Crippen LogP) is 3.54. The predicted molar refractivity (Wildman–Crippen MR) is 64.1 cm³/mol. The zero-order chi connectivity index (χ0) is 11.4. The van der Waals surface area contributed by atoms with Gasteiger partial charge >= 0.3 is 0 Å². The highest BCUT2D eigenvalue weighted by Gasteiger charge is 2.15. The van der Waals surface area contributed by atoms with Gasteiger partial charge in [0.1, 0.15) is 5.82 Å². The molecule has 0 N–H and O–H groups in total. The Bertz CT molecular complexity index is 334. The monoisotopic (exact) mass is 209 g/mol. The van der Waals surface area contributed by atoms with Crippen molar-refractivity contribution in [3.63, 3.8) is 0 Å². The van der Waals surface area contributed by atoms with Crippen LogP contribution in [-0.2, 0) is 6.42 Å². The van der Waals surface area contributed by atoms with Gasteiger partial charge in [0.2, 0.25) is 0 Å².